The van der Waals surface area contributed by atoms with Crippen LogP contribution in [-0.2, 0) is 0 Å². The van der Waals surface area contributed by atoms with Crippen LogP contribution in [0.1, 0.15) is 11.1 Å². The van der Waals surface area contributed by atoms with E-state index in [-0.39, 0.29) is 11.3 Å². The van der Waals surface area contributed by atoms with Crippen molar-refractivity contribution < 1.29 is 5.11 Å². The largest absolute Gasteiger partial charge is 0.506 e. The Hall–Kier alpha value is -1.56. The number of rotatable bonds is 0. The first kappa shape index (κ1) is 11.9. The lowest BCUT2D eigenvalue weighted by Crippen LogP contribution is -1.83. The number of aryl methyl sites for hydroxylation is 2. The van der Waals surface area contributed by atoms with E-state index in [4.69, 9.17) is 10.5 Å². The molecular weight excluding hydrogens is 252 g/mol. The van der Waals surface area contributed by atoms with Crippen molar-refractivity contribution >= 4 is 23.5 Å². The van der Waals surface area contributed by atoms with Crippen molar-refractivity contribution in [3.8, 4) is 17.9 Å². The zero-order chi connectivity index (χ0) is 12.6. The Bertz CT molecular complexity index is 605. The highest BCUT2D eigenvalue weighted by molar-refractivity contribution is 8.24. The van der Waals surface area contributed by atoms with Gasteiger partial charge in [0.25, 0.3) is 0 Å². The second-order valence-electron chi connectivity index (χ2n) is 3.61. The Balaban J connectivity index is 2.60. The van der Waals surface area contributed by atoms with Crippen molar-refractivity contribution in [1.29, 1.82) is 10.5 Å². The first-order valence-corrected chi connectivity index (χ1v) is 6.45. The monoisotopic (exact) mass is 260 g/mol. The number of allylic oxidation sites excluding steroid dienone is 1. The Morgan fingerprint density at radius 1 is 1.12 bits per heavy atom. The molecule has 1 N–H and O–H groups in total. The zero-order valence-electron chi connectivity index (χ0n) is 9.24. The van der Waals surface area contributed by atoms with Crippen molar-refractivity contribution in [1.82, 2.24) is 0 Å². The summed E-state index contributed by atoms with van der Waals surface area (Å²) in [7, 11) is 0. The minimum Gasteiger partial charge on any atom is -0.506 e. The average Bonchev–Trinajstić information content (AvgIpc) is 2.73. The second kappa shape index (κ2) is 4.37. The van der Waals surface area contributed by atoms with E-state index in [1.54, 1.807) is 0 Å². The Morgan fingerprint density at radius 3 is 2.29 bits per heavy atom. The molecule has 1 aromatic carbocycles. The third-order valence-electron chi connectivity index (χ3n) is 2.40. The number of nitriles is 2. The second-order valence-corrected chi connectivity index (χ2v) is 5.91. The summed E-state index contributed by atoms with van der Waals surface area (Å²) in [5, 5.41) is 27.6. The van der Waals surface area contributed by atoms with E-state index < -0.39 is 0 Å². The standard InChI is InChI=1S/C12H8N2OS2/c1-6-3-7(2)10-11(9(6)15)17-12(16-10)8(4-13)5-14/h3,15H,1-2H3. The van der Waals surface area contributed by atoms with Crippen LogP contribution in [0.15, 0.2) is 25.7 Å². The molecule has 1 heterocycles. The molecule has 0 fully saturated rings. The number of phenols is 1. The normalized spacial score (nSPS) is 12.8. The fourth-order valence-electron chi connectivity index (χ4n) is 1.57. The van der Waals surface area contributed by atoms with Gasteiger partial charge in [-0.3, -0.25) is 0 Å². The highest BCUT2D eigenvalue weighted by Crippen LogP contribution is 2.57. The number of phenolic OH excluding ortho intramolecular Hbond substituents is 1. The minimum atomic E-state index is 0.104. The summed E-state index contributed by atoms with van der Waals surface area (Å²) in [4.78, 5) is 1.70. The molecule has 0 aliphatic carbocycles. The van der Waals surface area contributed by atoms with Gasteiger partial charge in [-0.2, -0.15) is 10.5 Å². The summed E-state index contributed by atoms with van der Waals surface area (Å²) in [5.74, 6) is 0.244. The highest BCUT2D eigenvalue weighted by Gasteiger charge is 2.26. The van der Waals surface area contributed by atoms with Gasteiger partial charge in [0.05, 0.1) is 9.13 Å². The van der Waals surface area contributed by atoms with E-state index in [0.29, 0.717) is 4.24 Å². The van der Waals surface area contributed by atoms with Gasteiger partial charge in [0.1, 0.15) is 23.5 Å². The predicted molar refractivity (Wildman–Crippen MR) is 67.5 cm³/mol. The van der Waals surface area contributed by atoms with Gasteiger partial charge >= 0.3 is 0 Å². The quantitative estimate of drug-likeness (QED) is 0.723. The molecule has 0 amide bonds. The molecule has 2 rings (SSSR count). The third-order valence-corrected chi connectivity index (χ3v) is 5.14. The Labute approximate surface area is 108 Å². The van der Waals surface area contributed by atoms with Gasteiger partial charge in [0.2, 0.25) is 0 Å². The number of fused-ring (bicyclic) bond motifs is 1. The molecule has 0 saturated carbocycles. The number of nitrogens with zero attached hydrogens (tertiary/aromatic N) is 2. The van der Waals surface area contributed by atoms with Crippen LogP contribution in [0.4, 0.5) is 0 Å². The molecule has 0 aromatic heterocycles. The highest BCUT2D eigenvalue weighted by atomic mass is 32.2. The minimum absolute atomic E-state index is 0.104. The molecule has 0 bridgehead atoms. The van der Waals surface area contributed by atoms with Gasteiger partial charge in [-0.15, -0.1) is 0 Å². The van der Waals surface area contributed by atoms with E-state index in [2.05, 4.69) is 0 Å². The van der Waals surface area contributed by atoms with Crippen LogP contribution < -0.4 is 0 Å². The van der Waals surface area contributed by atoms with Crippen LogP contribution in [0.25, 0.3) is 0 Å². The van der Waals surface area contributed by atoms with Crippen molar-refractivity contribution in [3.63, 3.8) is 0 Å². The first-order valence-electron chi connectivity index (χ1n) is 4.81. The number of hydrogen-bond acceptors (Lipinski definition) is 5. The third kappa shape index (κ3) is 1.88. The van der Waals surface area contributed by atoms with Crippen LogP contribution in [0.2, 0.25) is 0 Å². The summed E-state index contributed by atoms with van der Waals surface area (Å²) in [5.41, 5.74) is 1.97. The van der Waals surface area contributed by atoms with Crippen LogP contribution in [0, 0.1) is 36.5 Å². The lowest BCUT2D eigenvalue weighted by atomic mass is 10.1. The molecule has 5 heteroatoms. The molecular formula is C12H8N2OS2. The number of benzene rings is 1. The zero-order valence-corrected chi connectivity index (χ0v) is 10.9. The van der Waals surface area contributed by atoms with Gasteiger partial charge in [-0.05, 0) is 25.0 Å². The molecule has 1 aromatic rings. The maximum atomic E-state index is 9.97. The number of hydrogen-bond donors (Lipinski definition) is 1. The van der Waals surface area contributed by atoms with Gasteiger partial charge in [0, 0.05) is 4.90 Å². The lowest BCUT2D eigenvalue weighted by Gasteiger charge is -2.06. The Kier molecular flexibility index (Phi) is 3.06. The smallest absolute Gasteiger partial charge is 0.150 e. The van der Waals surface area contributed by atoms with Gasteiger partial charge in [-0.1, -0.05) is 29.6 Å². The van der Waals surface area contributed by atoms with Gasteiger partial charge in [0.15, 0.2) is 0 Å². The number of aromatic hydroxyl groups is 1. The van der Waals surface area contributed by atoms with E-state index in [9.17, 15) is 5.11 Å². The summed E-state index contributed by atoms with van der Waals surface area (Å²) < 4.78 is 0.647. The van der Waals surface area contributed by atoms with E-state index >= 15 is 0 Å². The van der Waals surface area contributed by atoms with E-state index in [1.165, 1.54) is 23.5 Å². The maximum Gasteiger partial charge on any atom is 0.150 e. The van der Waals surface area contributed by atoms with Crippen LogP contribution >= 0.6 is 23.5 Å². The summed E-state index contributed by atoms with van der Waals surface area (Å²) in [6, 6.07) is 5.66. The summed E-state index contributed by atoms with van der Waals surface area (Å²) in [6.07, 6.45) is 0. The van der Waals surface area contributed by atoms with Crippen LogP contribution in [0.3, 0.4) is 0 Å². The molecule has 0 atom stereocenters. The molecule has 0 unspecified atom stereocenters. The SMILES string of the molecule is Cc1cc(C)c2c(c1O)SC(=C(C#N)C#N)S2. The summed E-state index contributed by atoms with van der Waals surface area (Å²) in [6.45, 7) is 3.80. The molecule has 0 radical (unpaired) electrons. The molecule has 1 aliphatic heterocycles. The average molecular weight is 260 g/mol. The van der Waals surface area contributed by atoms with Crippen molar-refractivity contribution in [2.75, 3.05) is 0 Å². The van der Waals surface area contributed by atoms with Crippen molar-refractivity contribution in [2.45, 2.75) is 23.6 Å². The first-order chi connectivity index (χ1) is 8.08. The molecule has 84 valence electrons. The molecule has 0 saturated heterocycles. The summed E-state index contributed by atoms with van der Waals surface area (Å²) >= 11 is 2.68. The fraction of sp³-hybridized carbons (Fsp3) is 0.167. The van der Waals surface area contributed by atoms with E-state index in [1.807, 2.05) is 32.1 Å². The Morgan fingerprint density at radius 2 is 1.71 bits per heavy atom. The maximum absolute atomic E-state index is 9.97. The molecule has 0 spiro atoms. The molecule has 1 aliphatic rings. The topological polar surface area (TPSA) is 67.8 Å². The predicted octanol–water partition coefficient (Wildman–Crippen LogP) is 3.47. The van der Waals surface area contributed by atoms with E-state index in [0.717, 1.165) is 20.9 Å². The lowest BCUT2D eigenvalue weighted by molar-refractivity contribution is 0.454. The van der Waals surface area contributed by atoms with Crippen LogP contribution in [-0.4, -0.2) is 5.11 Å². The van der Waals surface area contributed by atoms with Gasteiger partial charge < -0.3 is 5.11 Å². The van der Waals surface area contributed by atoms with Crippen molar-refractivity contribution in [2.24, 2.45) is 0 Å². The number of thioether (sulfide) groups is 2. The molecule has 3 nitrogen and oxygen atoms in total. The van der Waals surface area contributed by atoms with Crippen LogP contribution in [0.5, 0.6) is 5.75 Å². The van der Waals surface area contributed by atoms with Crippen molar-refractivity contribution in [3.05, 3.63) is 27.0 Å². The fourth-order valence-corrected chi connectivity index (χ4v) is 4.17. The van der Waals surface area contributed by atoms with Gasteiger partial charge in [-0.25, -0.2) is 0 Å². The molecule has 17 heavy (non-hydrogen) atoms.